The van der Waals surface area contributed by atoms with Crippen LogP contribution in [0.15, 0.2) is 230 Å². The number of fused-ring (bicyclic) bond motifs is 11. The van der Waals surface area contributed by atoms with Crippen LogP contribution in [0.1, 0.15) is 71.4 Å². The largest absolute Gasteiger partial charge is 0.439 e. The molecule has 3 aromatic heterocycles. The van der Waals surface area contributed by atoms with Crippen LogP contribution in [0, 0.1) is 5.92 Å². The Balaban J connectivity index is 0.818. The fraction of sp³-hybridized carbons (Fsp3) is 0.139. The van der Waals surface area contributed by atoms with Crippen molar-refractivity contribution >= 4 is 67.9 Å². The molecule has 15 rings (SSSR count). The molecule has 5 nitrogen and oxygen atoms in total. The summed E-state index contributed by atoms with van der Waals surface area (Å²) in [6, 6.07) is 51.2. The first-order valence-electron chi connectivity index (χ1n) is 27.6. The fourth-order valence-electron chi connectivity index (χ4n) is 13.3. The molecule has 0 radical (unpaired) electrons. The van der Waals surface area contributed by atoms with Crippen molar-refractivity contribution in [3.8, 4) is 28.3 Å². The highest BCUT2D eigenvalue weighted by molar-refractivity contribution is 6.02. The van der Waals surface area contributed by atoms with Gasteiger partial charge in [0.2, 0.25) is 5.88 Å². The van der Waals surface area contributed by atoms with Gasteiger partial charge in [0.05, 0.1) is 28.0 Å². The van der Waals surface area contributed by atoms with E-state index in [1.54, 1.807) is 0 Å². The molecule has 9 aromatic rings. The second-order valence-electron chi connectivity index (χ2n) is 21.3. The quantitative estimate of drug-likeness (QED) is 0.152. The molecule has 6 aromatic carbocycles. The van der Waals surface area contributed by atoms with Crippen molar-refractivity contribution in [1.29, 1.82) is 0 Å². The summed E-state index contributed by atoms with van der Waals surface area (Å²) in [7, 11) is 0. The van der Waals surface area contributed by atoms with Crippen molar-refractivity contribution in [1.82, 2.24) is 13.7 Å². The van der Waals surface area contributed by atoms with Gasteiger partial charge in [-0.3, -0.25) is 0 Å². The number of anilines is 1. The Morgan fingerprint density at radius 2 is 1.30 bits per heavy atom. The van der Waals surface area contributed by atoms with Gasteiger partial charge < -0.3 is 23.3 Å². The van der Waals surface area contributed by atoms with Crippen LogP contribution in [0.4, 0.5) is 5.69 Å². The van der Waals surface area contributed by atoms with E-state index >= 15 is 0 Å². The smallest absolute Gasteiger partial charge is 0.201 e. The van der Waals surface area contributed by atoms with Gasteiger partial charge in [0.25, 0.3) is 0 Å². The molecule has 77 heavy (non-hydrogen) atoms. The van der Waals surface area contributed by atoms with Crippen LogP contribution in [0.2, 0.25) is 0 Å². The third-order valence-corrected chi connectivity index (χ3v) is 16.9. The van der Waals surface area contributed by atoms with Gasteiger partial charge in [-0.1, -0.05) is 146 Å². The SMILES string of the molecule is C=C1/C=C\C=C(\N(c2ccc(-c3ccc4c(c3)c3c(n4C4=CC=CCC4)C=CCC3)cc2)C2C=CC(C3C=Cc4c(c5ccccc5n4-c4ccccc4)C3)=CC2)Oc2c1ccc1c2c2c(n1-c1ccccc1)CCC=C2. The van der Waals surface area contributed by atoms with E-state index in [4.69, 9.17) is 4.74 Å². The van der Waals surface area contributed by atoms with Crippen LogP contribution < -0.4 is 9.64 Å². The van der Waals surface area contributed by atoms with Gasteiger partial charge in [0.1, 0.15) is 5.75 Å². The van der Waals surface area contributed by atoms with Gasteiger partial charge in [-0.25, -0.2) is 0 Å². The molecule has 1 aliphatic heterocycles. The fourth-order valence-corrected chi connectivity index (χ4v) is 13.3. The summed E-state index contributed by atoms with van der Waals surface area (Å²) in [5, 5.41) is 3.80. The predicted molar refractivity (Wildman–Crippen MR) is 323 cm³/mol. The van der Waals surface area contributed by atoms with Crippen LogP contribution in [-0.2, 0) is 19.3 Å². The number of para-hydroxylation sites is 3. The molecule has 0 saturated heterocycles. The highest BCUT2D eigenvalue weighted by Gasteiger charge is 2.31. The first-order valence-corrected chi connectivity index (χ1v) is 27.6. The van der Waals surface area contributed by atoms with Gasteiger partial charge in [-0.2, -0.15) is 0 Å². The lowest BCUT2D eigenvalue weighted by molar-refractivity contribution is 0.399. The molecule has 0 saturated carbocycles. The van der Waals surface area contributed by atoms with E-state index in [1.165, 1.54) is 83.7 Å². The lowest BCUT2D eigenvalue weighted by atomic mass is 9.83. The first kappa shape index (κ1) is 45.3. The molecule has 5 aliphatic carbocycles. The molecule has 6 aliphatic rings. The Labute approximate surface area is 450 Å². The Morgan fingerprint density at radius 1 is 0.558 bits per heavy atom. The summed E-state index contributed by atoms with van der Waals surface area (Å²) in [5.41, 5.74) is 22.2. The van der Waals surface area contributed by atoms with Gasteiger partial charge in [0.15, 0.2) is 0 Å². The number of benzene rings is 6. The second-order valence-corrected chi connectivity index (χ2v) is 21.3. The van der Waals surface area contributed by atoms with Gasteiger partial charge in [0, 0.05) is 67.7 Å². The molecule has 372 valence electrons. The minimum atomic E-state index is -0.0278. The van der Waals surface area contributed by atoms with E-state index < -0.39 is 0 Å². The van der Waals surface area contributed by atoms with E-state index in [0.717, 1.165) is 96.4 Å². The zero-order valence-electron chi connectivity index (χ0n) is 43.2. The van der Waals surface area contributed by atoms with E-state index in [0.29, 0.717) is 0 Å². The lowest BCUT2D eigenvalue weighted by Gasteiger charge is -2.35. The standard InChI is InChI=1S/C72H58N4O/c1-48-18-17-31-70(77-72-58(48)42-45-69-71(72)61-27-13-16-30-66(61)76(69)55-23-9-4-10-24-55)73(56-38-32-49(33-39-56)51-36-43-67-62(46-51)59-25-11-14-28-64(59)74(67)53-19-5-2-6-20-53)57-40-34-50(35-41-57)52-37-44-68-63(47-52)60-26-12-15-29-65(60)75(68)54-21-7-3-8-22-54/h2-7,9-11,13-15,17-21,23-25,27-29,31-38,40-45,47,51,56H,1,8,12,16,22,26,30,39,46H2/b18-17-,70-31-. The van der Waals surface area contributed by atoms with E-state index in [1.807, 2.05) is 0 Å². The predicted octanol–water partition coefficient (Wildman–Crippen LogP) is 17.8. The molecule has 0 spiro atoms. The monoisotopic (exact) mass is 994 g/mol. The normalized spacial score (nSPS) is 19.4. The number of rotatable bonds is 8. The van der Waals surface area contributed by atoms with Crippen molar-refractivity contribution in [2.24, 2.45) is 5.92 Å². The molecule has 0 fully saturated rings. The summed E-state index contributed by atoms with van der Waals surface area (Å²) in [5.74, 6) is 1.87. The zero-order chi connectivity index (χ0) is 51.0. The van der Waals surface area contributed by atoms with Crippen LogP contribution in [0.5, 0.6) is 5.75 Å². The second kappa shape index (κ2) is 18.6. The van der Waals surface area contributed by atoms with Gasteiger partial charge in [-0.15, -0.1) is 0 Å². The maximum atomic E-state index is 7.58. The van der Waals surface area contributed by atoms with Crippen molar-refractivity contribution in [2.45, 2.75) is 57.4 Å². The lowest BCUT2D eigenvalue weighted by Crippen LogP contribution is -2.36. The zero-order valence-corrected chi connectivity index (χ0v) is 43.2. The molecular formula is C72H58N4O. The number of hydrogen-bond donors (Lipinski definition) is 0. The van der Waals surface area contributed by atoms with Gasteiger partial charge in [-0.05, 0) is 176 Å². The summed E-state index contributed by atoms with van der Waals surface area (Å²) in [6.07, 6.45) is 42.5. The van der Waals surface area contributed by atoms with Crippen LogP contribution in [0.3, 0.4) is 0 Å². The summed E-state index contributed by atoms with van der Waals surface area (Å²) in [4.78, 5) is 2.42. The minimum absolute atomic E-state index is 0.0278. The number of ether oxygens (including phenoxy) is 1. The third kappa shape index (κ3) is 7.58. The highest BCUT2D eigenvalue weighted by atomic mass is 16.5. The van der Waals surface area contributed by atoms with Crippen LogP contribution in [-0.4, -0.2) is 19.7 Å². The summed E-state index contributed by atoms with van der Waals surface area (Å²) < 4.78 is 15.0. The van der Waals surface area contributed by atoms with Crippen molar-refractivity contribution in [3.05, 3.63) is 270 Å². The minimum Gasteiger partial charge on any atom is -0.439 e. The maximum absolute atomic E-state index is 7.58. The molecular weight excluding hydrogens is 937 g/mol. The van der Waals surface area contributed by atoms with Crippen molar-refractivity contribution < 1.29 is 4.74 Å². The Bertz CT molecular complexity index is 4190. The number of nitrogens with zero attached hydrogens (tertiary/aromatic N) is 4. The van der Waals surface area contributed by atoms with E-state index in [2.05, 4.69) is 256 Å². The molecule has 2 unspecified atom stereocenters. The molecule has 5 heteroatoms. The molecule has 0 N–H and O–H groups in total. The summed E-state index contributed by atoms with van der Waals surface area (Å²) in [6.45, 7) is 4.59. The first-order chi connectivity index (χ1) is 38.1. The molecule has 0 bridgehead atoms. The number of aryl methyl sites for hydroxylation is 1. The van der Waals surface area contributed by atoms with Crippen molar-refractivity contribution in [2.75, 3.05) is 4.90 Å². The van der Waals surface area contributed by atoms with Crippen molar-refractivity contribution in [3.63, 3.8) is 0 Å². The van der Waals surface area contributed by atoms with Crippen LogP contribution in [0.25, 0.3) is 84.7 Å². The number of hydrogen-bond acceptors (Lipinski definition) is 2. The van der Waals surface area contributed by atoms with Gasteiger partial charge >= 0.3 is 0 Å². The number of aromatic nitrogens is 3. The molecule has 2 atom stereocenters. The number of allylic oxidation sites excluding steroid dienone is 13. The topological polar surface area (TPSA) is 27.3 Å². The maximum Gasteiger partial charge on any atom is 0.201 e. The Kier molecular flexibility index (Phi) is 11.0. The van der Waals surface area contributed by atoms with Crippen LogP contribution >= 0.6 is 0 Å². The summed E-state index contributed by atoms with van der Waals surface area (Å²) >= 11 is 0. The molecule has 0 amide bonds. The Hall–Kier alpha value is -9.06. The van der Waals surface area contributed by atoms with E-state index in [-0.39, 0.29) is 12.0 Å². The average Bonchev–Trinajstić information content (AvgIpc) is 4.24. The Morgan fingerprint density at radius 3 is 2.12 bits per heavy atom. The molecule has 4 heterocycles. The third-order valence-electron chi connectivity index (χ3n) is 16.9. The van der Waals surface area contributed by atoms with E-state index in [9.17, 15) is 0 Å². The highest BCUT2D eigenvalue weighted by Crippen LogP contribution is 2.46. The average molecular weight is 995 g/mol.